The molecule has 0 spiro atoms. The fraction of sp³-hybridized carbons (Fsp3) is 0.400. The van der Waals surface area contributed by atoms with Crippen LogP contribution in [0.15, 0.2) is 43.1 Å². The van der Waals surface area contributed by atoms with Crippen molar-refractivity contribution in [2.75, 3.05) is 37.7 Å². The lowest BCUT2D eigenvalue weighted by Gasteiger charge is -2.35. The predicted molar refractivity (Wildman–Crippen MR) is 157 cm³/mol. The number of anilines is 1. The first-order chi connectivity index (χ1) is 21.4. The fourth-order valence-electron chi connectivity index (χ4n) is 5.29. The van der Waals surface area contributed by atoms with Crippen LogP contribution in [0.25, 0.3) is 16.7 Å². The number of fused-ring (bicyclic) bond motifs is 1. The second kappa shape index (κ2) is 14.0. The minimum Gasteiger partial charge on any atom is -0.466 e. The smallest absolute Gasteiger partial charge is 0.305 e. The molecule has 0 bridgehead atoms. The van der Waals surface area contributed by atoms with E-state index in [0.717, 1.165) is 25.5 Å². The van der Waals surface area contributed by atoms with Crippen LogP contribution in [0.3, 0.4) is 0 Å². The van der Waals surface area contributed by atoms with Crippen LogP contribution in [-0.4, -0.2) is 91.1 Å². The third-order valence-corrected chi connectivity index (χ3v) is 7.51. The maximum Gasteiger partial charge on any atom is 0.305 e. The van der Waals surface area contributed by atoms with Crippen LogP contribution in [0.5, 0.6) is 0 Å². The molecular weight excluding hydrogens is 571 g/mol. The Hall–Kier alpha value is -5.01. The minimum atomic E-state index is -0.838. The summed E-state index contributed by atoms with van der Waals surface area (Å²) in [4.78, 5) is 65.7. The van der Waals surface area contributed by atoms with Gasteiger partial charge in [-0.2, -0.15) is 0 Å². The van der Waals surface area contributed by atoms with Gasteiger partial charge in [-0.3, -0.25) is 19.2 Å². The highest BCUT2D eigenvalue weighted by Gasteiger charge is 2.31. The minimum absolute atomic E-state index is 0.0201. The number of esters is 1. The summed E-state index contributed by atoms with van der Waals surface area (Å²) in [6, 6.07) is 3.47. The van der Waals surface area contributed by atoms with Crippen molar-refractivity contribution >= 4 is 40.2 Å². The SMILES string of the molecule is CCOC(=O)CCCCCCC(=O)c1cccnc1N1CCN(C(=O)C(=O)c2c[nH]c3c(-n4ccnn4)ncc(F)c23)CC1. The summed E-state index contributed by atoms with van der Waals surface area (Å²) in [6.07, 6.45) is 10.7. The van der Waals surface area contributed by atoms with Gasteiger partial charge in [0, 0.05) is 51.4 Å². The zero-order chi connectivity index (χ0) is 31.1. The van der Waals surface area contributed by atoms with E-state index >= 15 is 0 Å². The van der Waals surface area contributed by atoms with Crippen LogP contribution in [0.2, 0.25) is 0 Å². The van der Waals surface area contributed by atoms with Gasteiger partial charge in [0.1, 0.15) is 5.82 Å². The largest absolute Gasteiger partial charge is 0.466 e. The van der Waals surface area contributed by atoms with Gasteiger partial charge in [0.25, 0.3) is 11.7 Å². The van der Waals surface area contributed by atoms with E-state index in [1.54, 1.807) is 25.3 Å². The molecule has 0 aromatic carbocycles. The number of nitrogens with zero attached hydrogens (tertiary/aromatic N) is 7. The van der Waals surface area contributed by atoms with Crippen LogP contribution in [0.4, 0.5) is 10.2 Å². The Morgan fingerprint density at radius 1 is 0.955 bits per heavy atom. The van der Waals surface area contributed by atoms with E-state index in [2.05, 4.69) is 25.3 Å². The average molecular weight is 605 g/mol. The first-order valence-electron chi connectivity index (χ1n) is 14.6. The highest BCUT2D eigenvalue weighted by Crippen LogP contribution is 2.27. The number of carbonyl (C=O) groups excluding carboxylic acids is 4. The maximum atomic E-state index is 14.8. The molecule has 0 radical (unpaired) electrons. The second-order valence-corrected chi connectivity index (χ2v) is 10.4. The number of aromatic amines is 1. The van der Waals surface area contributed by atoms with Crippen molar-refractivity contribution in [3.05, 3.63) is 60.1 Å². The highest BCUT2D eigenvalue weighted by atomic mass is 19.1. The van der Waals surface area contributed by atoms with Gasteiger partial charge in [0.2, 0.25) is 0 Å². The van der Waals surface area contributed by atoms with Crippen molar-refractivity contribution in [3.63, 3.8) is 0 Å². The van der Waals surface area contributed by atoms with Crippen molar-refractivity contribution in [1.29, 1.82) is 0 Å². The summed E-state index contributed by atoms with van der Waals surface area (Å²) in [7, 11) is 0. The van der Waals surface area contributed by atoms with Crippen molar-refractivity contribution in [2.45, 2.75) is 45.4 Å². The molecule has 13 nitrogen and oxygen atoms in total. The number of ether oxygens (including phenoxy) is 1. The molecule has 1 saturated heterocycles. The number of aromatic nitrogens is 6. The summed E-state index contributed by atoms with van der Waals surface area (Å²) in [5.41, 5.74) is 0.647. The quantitative estimate of drug-likeness (QED) is 0.104. The second-order valence-electron chi connectivity index (χ2n) is 10.4. The topological polar surface area (TPSA) is 156 Å². The van der Waals surface area contributed by atoms with Gasteiger partial charge in [0.05, 0.1) is 47.2 Å². The van der Waals surface area contributed by atoms with Crippen molar-refractivity contribution < 1.29 is 28.3 Å². The first-order valence-corrected chi connectivity index (χ1v) is 14.6. The monoisotopic (exact) mass is 604 g/mol. The Labute approximate surface area is 252 Å². The van der Waals surface area contributed by atoms with Crippen LogP contribution in [-0.2, 0) is 14.3 Å². The number of ketones is 2. The van der Waals surface area contributed by atoms with Gasteiger partial charge < -0.3 is 19.5 Å². The number of halogens is 1. The first kappa shape index (κ1) is 30.4. The number of rotatable bonds is 13. The summed E-state index contributed by atoms with van der Waals surface area (Å²) < 4.78 is 21.1. The molecule has 0 unspecified atom stereocenters. The summed E-state index contributed by atoms with van der Waals surface area (Å²) in [5, 5.41) is 7.56. The normalized spacial score (nSPS) is 13.3. The van der Waals surface area contributed by atoms with Crippen molar-refractivity contribution in [1.82, 2.24) is 34.8 Å². The van der Waals surface area contributed by atoms with E-state index in [9.17, 15) is 23.6 Å². The lowest BCUT2D eigenvalue weighted by atomic mass is 10.0. The Kier molecular flexibility index (Phi) is 9.67. The molecule has 5 rings (SSSR count). The lowest BCUT2D eigenvalue weighted by Crippen LogP contribution is -2.51. The molecule has 4 aromatic rings. The highest BCUT2D eigenvalue weighted by molar-refractivity contribution is 6.45. The number of carbonyl (C=O) groups is 4. The van der Waals surface area contributed by atoms with E-state index in [1.165, 1.54) is 28.2 Å². The molecule has 1 aliphatic heterocycles. The van der Waals surface area contributed by atoms with Gasteiger partial charge in [-0.15, -0.1) is 5.10 Å². The third-order valence-electron chi connectivity index (χ3n) is 7.51. The van der Waals surface area contributed by atoms with E-state index in [4.69, 9.17) is 4.74 Å². The molecular formula is C30H33FN8O5. The fourth-order valence-corrected chi connectivity index (χ4v) is 5.29. The van der Waals surface area contributed by atoms with Gasteiger partial charge in [0.15, 0.2) is 17.4 Å². The average Bonchev–Trinajstić information content (AvgIpc) is 3.74. The van der Waals surface area contributed by atoms with E-state index in [-0.39, 0.29) is 47.1 Å². The number of hydrogen-bond acceptors (Lipinski definition) is 10. The molecule has 1 fully saturated rings. The molecule has 230 valence electrons. The number of H-pyrrole nitrogens is 1. The van der Waals surface area contributed by atoms with Crippen LogP contribution < -0.4 is 4.90 Å². The molecule has 1 amide bonds. The van der Waals surface area contributed by atoms with Crippen molar-refractivity contribution in [3.8, 4) is 5.82 Å². The van der Waals surface area contributed by atoms with Gasteiger partial charge >= 0.3 is 5.97 Å². The molecule has 4 aromatic heterocycles. The van der Waals surface area contributed by atoms with Crippen LogP contribution >= 0.6 is 0 Å². The molecule has 44 heavy (non-hydrogen) atoms. The Morgan fingerprint density at radius 3 is 2.45 bits per heavy atom. The van der Waals surface area contributed by atoms with Gasteiger partial charge in [-0.05, 0) is 31.9 Å². The molecule has 0 saturated carbocycles. The third kappa shape index (κ3) is 6.63. The zero-order valence-corrected chi connectivity index (χ0v) is 24.4. The number of pyridine rings is 2. The molecule has 0 atom stereocenters. The predicted octanol–water partition coefficient (Wildman–Crippen LogP) is 3.30. The van der Waals surface area contributed by atoms with Gasteiger partial charge in [-0.25, -0.2) is 19.0 Å². The summed E-state index contributed by atoms with van der Waals surface area (Å²) in [6.45, 7) is 3.35. The molecule has 5 heterocycles. The summed E-state index contributed by atoms with van der Waals surface area (Å²) >= 11 is 0. The molecule has 14 heteroatoms. The number of unbranched alkanes of at least 4 members (excludes halogenated alkanes) is 3. The number of hydrogen-bond donors (Lipinski definition) is 1. The van der Waals surface area contributed by atoms with E-state index in [0.29, 0.717) is 50.3 Å². The number of nitrogens with one attached hydrogen (secondary N) is 1. The van der Waals surface area contributed by atoms with Crippen molar-refractivity contribution in [2.24, 2.45) is 0 Å². The molecule has 0 aliphatic carbocycles. The number of piperazine rings is 1. The number of Topliss-reactive ketones (excluding diaryl/α,β-unsaturated/α-hetero) is 2. The Morgan fingerprint density at radius 2 is 1.73 bits per heavy atom. The number of amides is 1. The lowest BCUT2D eigenvalue weighted by molar-refractivity contribution is -0.143. The zero-order valence-electron chi connectivity index (χ0n) is 24.4. The Balaban J connectivity index is 1.18. The van der Waals surface area contributed by atoms with E-state index < -0.39 is 17.5 Å². The summed E-state index contributed by atoms with van der Waals surface area (Å²) in [5.74, 6) is -1.75. The maximum absolute atomic E-state index is 14.8. The van der Waals surface area contributed by atoms with E-state index in [1.807, 2.05) is 4.90 Å². The standard InChI is InChI=1S/C30H33FN8O5/c1-2-44-24(41)10-6-4-3-5-9-23(40)20-8-7-11-32-28(20)37-14-16-38(17-15-37)30(43)27(42)21-18-33-26-25(21)22(31)19-34-29(26)39-13-12-35-36-39/h7-8,11-13,18-19,33H,2-6,9-10,14-17H2,1H3. The Bertz CT molecular complexity index is 1650. The van der Waals surface area contributed by atoms with Crippen LogP contribution in [0.1, 0.15) is 66.2 Å². The molecule has 1 N–H and O–H groups in total. The molecule has 1 aliphatic rings. The van der Waals surface area contributed by atoms with Crippen LogP contribution in [0, 0.1) is 5.82 Å². The van der Waals surface area contributed by atoms with Gasteiger partial charge in [-0.1, -0.05) is 18.1 Å².